The molecule has 0 saturated carbocycles. The number of hydrogen-bond donors (Lipinski definition) is 2. The number of nitrogens with two attached hydrogens (primary N) is 1. The first kappa shape index (κ1) is 13.8. The van der Waals surface area contributed by atoms with Crippen LogP contribution in [0, 0.1) is 0 Å². The monoisotopic (exact) mass is 248 g/mol. The molecule has 1 rings (SSSR count). The van der Waals surface area contributed by atoms with Crippen LogP contribution in [-0.2, 0) is 0 Å². The fourth-order valence-electron chi connectivity index (χ4n) is 1.38. The third-order valence-corrected chi connectivity index (χ3v) is 2.21. The first-order valence-corrected chi connectivity index (χ1v) is 5.21. The Labute approximate surface area is 97.8 Å². The maximum absolute atomic E-state index is 11.9. The molecule has 0 amide bonds. The van der Waals surface area contributed by atoms with Gasteiger partial charge >= 0.3 is 6.36 Å². The molecular formula is C11H15F3N2O. The van der Waals surface area contributed by atoms with Crippen molar-refractivity contribution in [3.05, 3.63) is 29.8 Å². The van der Waals surface area contributed by atoms with E-state index in [-0.39, 0.29) is 11.8 Å². The van der Waals surface area contributed by atoms with E-state index in [0.29, 0.717) is 13.1 Å². The Morgan fingerprint density at radius 1 is 1.29 bits per heavy atom. The molecule has 0 saturated heterocycles. The Balaban J connectivity index is 2.61. The topological polar surface area (TPSA) is 47.3 Å². The second-order valence-electron chi connectivity index (χ2n) is 3.58. The van der Waals surface area contributed by atoms with Gasteiger partial charge in [-0.15, -0.1) is 13.2 Å². The molecule has 3 N–H and O–H groups in total. The van der Waals surface area contributed by atoms with Crippen LogP contribution in [0.1, 0.15) is 18.5 Å². The molecule has 17 heavy (non-hydrogen) atoms. The molecule has 96 valence electrons. The number of hydrogen-bond acceptors (Lipinski definition) is 3. The lowest BCUT2D eigenvalue weighted by molar-refractivity contribution is -0.274. The summed E-state index contributed by atoms with van der Waals surface area (Å²) in [6.45, 7) is 3.08. The van der Waals surface area contributed by atoms with Gasteiger partial charge in [0, 0.05) is 19.1 Å². The zero-order valence-electron chi connectivity index (χ0n) is 9.42. The maximum Gasteiger partial charge on any atom is 0.573 e. The number of nitrogens with one attached hydrogen (secondary N) is 1. The van der Waals surface area contributed by atoms with Crippen molar-refractivity contribution in [2.45, 2.75) is 19.3 Å². The van der Waals surface area contributed by atoms with E-state index in [0.717, 1.165) is 5.56 Å². The van der Waals surface area contributed by atoms with Crippen molar-refractivity contribution in [3.63, 3.8) is 0 Å². The fourth-order valence-corrected chi connectivity index (χ4v) is 1.38. The standard InChI is InChI=1S/C11H15F3N2O/c1-8(16-7-6-15)9-2-4-10(5-3-9)17-11(12,13)14/h2-5,8,16H,6-7,15H2,1H3. The summed E-state index contributed by atoms with van der Waals surface area (Å²) in [6, 6.07) is 5.82. The fraction of sp³-hybridized carbons (Fsp3) is 0.455. The summed E-state index contributed by atoms with van der Waals surface area (Å²) in [4.78, 5) is 0. The Morgan fingerprint density at radius 2 is 1.88 bits per heavy atom. The highest BCUT2D eigenvalue weighted by Crippen LogP contribution is 2.24. The summed E-state index contributed by atoms with van der Waals surface area (Å²) < 4.78 is 39.5. The minimum absolute atomic E-state index is 0.0403. The van der Waals surface area contributed by atoms with Crippen LogP contribution in [0.3, 0.4) is 0 Å². The molecular weight excluding hydrogens is 233 g/mol. The summed E-state index contributed by atoms with van der Waals surface area (Å²) in [6.07, 6.45) is -4.65. The first-order valence-electron chi connectivity index (χ1n) is 5.21. The molecule has 0 fully saturated rings. The third-order valence-electron chi connectivity index (χ3n) is 2.21. The Hall–Kier alpha value is -1.27. The Morgan fingerprint density at radius 3 is 2.35 bits per heavy atom. The number of ether oxygens (including phenoxy) is 1. The van der Waals surface area contributed by atoms with Gasteiger partial charge in [0.1, 0.15) is 5.75 Å². The molecule has 6 heteroatoms. The predicted octanol–water partition coefficient (Wildman–Crippen LogP) is 2.19. The molecule has 0 spiro atoms. The SMILES string of the molecule is CC(NCCN)c1ccc(OC(F)(F)F)cc1. The van der Waals surface area contributed by atoms with Crippen LogP contribution >= 0.6 is 0 Å². The van der Waals surface area contributed by atoms with Crippen LogP contribution in [0.4, 0.5) is 13.2 Å². The van der Waals surface area contributed by atoms with Crippen LogP contribution in [0.15, 0.2) is 24.3 Å². The molecule has 1 aromatic rings. The van der Waals surface area contributed by atoms with E-state index in [1.807, 2.05) is 6.92 Å². The molecule has 3 nitrogen and oxygen atoms in total. The number of alkyl halides is 3. The van der Waals surface area contributed by atoms with E-state index in [1.54, 1.807) is 12.1 Å². The van der Waals surface area contributed by atoms with E-state index in [1.165, 1.54) is 12.1 Å². The minimum Gasteiger partial charge on any atom is -0.406 e. The molecule has 0 aromatic heterocycles. The largest absolute Gasteiger partial charge is 0.573 e. The quantitative estimate of drug-likeness (QED) is 0.839. The van der Waals surface area contributed by atoms with Crippen molar-refractivity contribution in [1.29, 1.82) is 0 Å². The average molecular weight is 248 g/mol. The molecule has 0 radical (unpaired) electrons. The predicted molar refractivity (Wildman–Crippen MR) is 58.6 cm³/mol. The van der Waals surface area contributed by atoms with E-state index in [2.05, 4.69) is 10.1 Å². The maximum atomic E-state index is 11.9. The van der Waals surface area contributed by atoms with Crippen LogP contribution in [0.2, 0.25) is 0 Å². The highest BCUT2D eigenvalue weighted by molar-refractivity contribution is 5.29. The van der Waals surface area contributed by atoms with Crippen molar-refractivity contribution < 1.29 is 17.9 Å². The summed E-state index contributed by atoms with van der Waals surface area (Å²) >= 11 is 0. The average Bonchev–Trinajstić information content (AvgIpc) is 2.24. The number of rotatable bonds is 5. The van der Waals surface area contributed by atoms with Gasteiger partial charge in [-0.05, 0) is 24.6 Å². The molecule has 0 heterocycles. The van der Waals surface area contributed by atoms with Gasteiger partial charge in [0.15, 0.2) is 0 Å². The lowest BCUT2D eigenvalue weighted by atomic mass is 10.1. The van der Waals surface area contributed by atoms with Gasteiger partial charge in [0.2, 0.25) is 0 Å². The highest BCUT2D eigenvalue weighted by atomic mass is 19.4. The van der Waals surface area contributed by atoms with Crippen molar-refractivity contribution in [2.24, 2.45) is 5.73 Å². The van der Waals surface area contributed by atoms with Gasteiger partial charge in [-0.3, -0.25) is 0 Å². The van der Waals surface area contributed by atoms with Gasteiger partial charge in [-0.2, -0.15) is 0 Å². The van der Waals surface area contributed by atoms with Crippen LogP contribution in [-0.4, -0.2) is 19.5 Å². The van der Waals surface area contributed by atoms with E-state index in [4.69, 9.17) is 5.73 Å². The van der Waals surface area contributed by atoms with Crippen LogP contribution in [0.5, 0.6) is 5.75 Å². The van der Waals surface area contributed by atoms with E-state index < -0.39 is 6.36 Å². The van der Waals surface area contributed by atoms with Gasteiger partial charge in [0.25, 0.3) is 0 Å². The molecule has 1 atom stereocenters. The summed E-state index contributed by atoms with van der Waals surface area (Å²) in [5.74, 6) is -0.215. The molecule has 1 aromatic carbocycles. The Bertz CT molecular complexity index is 338. The molecule has 0 aliphatic heterocycles. The van der Waals surface area contributed by atoms with E-state index >= 15 is 0 Å². The summed E-state index contributed by atoms with van der Waals surface area (Å²) in [5.41, 5.74) is 6.22. The smallest absolute Gasteiger partial charge is 0.406 e. The minimum atomic E-state index is -4.65. The normalized spacial score (nSPS) is 13.5. The molecule has 0 bridgehead atoms. The molecule has 0 aliphatic carbocycles. The van der Waals surface area contributed by atoms with Crippen molar-refractivity contribution >= 4 is 0 Å². The summed E-state index contributed by atoms with van der Waals surface area (Å²) in [7, 11) is 0. The Kier molecular flexibility index (Phi) is 4.77. The van der Waals surface area contributed by atoms with Crippen LogP contribution in [0.25, 0.3) is 0 Å². The summed E-state index contributed by atoms with van der Waals surface area (Å²) in [5, 5.41) is 3.13. The zero-order valence-corrected chi connectivity index (χ0v) is 9.42. The lowest BCUT2D eigenvalue weighted by Crippen LogP contribution is -2.25. The highest BCUT2D eigenvalue weighted by Gasteiger charge is 2.30. The van der Waals surface area contributed by atoms with Gasteiger partial charge < -0.3 is 15.8 Å². The molecule has 1 unspecified atom stereocenters. The van der Waals surface area contributed by atoms with E-state index in [9.17, 15) is 13.2 Å². The number of halogens is 3. The van der Waals surface area contributed by atoms with Crippen molar-refractivity contribution in [3.8, 4) is 5.75 Å². The third kappa shape index (κ3) is 5.06. The van der Waals surface area contributed by atoms with Crippen LogP contribution < -0.4 is 15.8 Å². The van der Waals surface area contributed by atoms with Gasteiger partial charge in [-0.25, -0.2) is 0 Å². The van der Waals surface area contributed by atoms with Gasteiger partial charge in [-0.1, -0.05) is 12.1 Å². The van der Waals surface area contributed by atoms with Crippen molar-refractivity contribution in [2.75, 3.05) is 13.1 Å². The second kappa shape index (κ2) is 5.88. The lowest BCUT2D eigenvalue weighted by Gasteiger charge is -2.14. The van der Waals surface area contributed by atoms with Gasteiger partial charge in [0.05, 0.1) is 0 Å². The zero-order chi connectivity index (χ0) is 12.9. The number of benzene rings is 1. The van der Waals surface area contributed by atoms with Crippen molar-refractivity contribution in [1.82, 2.24) is 5.32 Å². The molecule has 0 aliphatic rings. The second-order valence-corrected chi connectivity index (χ2v) is 3.58. The first-order chi connectivity index (χ1) is 7.92.